The summed E-state index contributed by atoms with van der Waals surface area (Å²) in [6, 6.07) is 7.78. The molecule has 2 rings (SSSR count). The minimum atomic E-state index is 0.372. The summed E-state index contributed by atoms with van der Waals surface area (Å²) >= 11 is 0. The Morgan fingerprint density at radius 3 is 2.39 bits per heavy atom. The van der Waals surface area contributed by atoms with Gasteiger partial charge in [-0.25, -0.2) is 0 Å². The molecule has 0 saturated heterocycles. The quantitative estimate of drug-likeness (QED) is 0.749. The smallest absolute Gasteiger partial charge is 0.341 e. The summed E-state index contributed by atoms with van der Waals surface area (Å²) < 4.78 is 11.1. The van der Waals surface area contributed by atoms with Crippen LogP contribution in [0.4, 0.5) is 0 Å². The molecule has 3 heteroatoms. The summed E-state index contributed by atoms with van der Waals surface area (Å²) in [6.45, 7) is 3.08. The van der Waals surface area contributed by atoms with Gasteiger partial charge in [0.05, 0.1) is 6.61 Å². The average molecular weight is 261 g/mol. The van der Waals surface area contributed by atoms with Crippen LogP contribution in [-0.4, -0.2) is 17.1 Å². The van der Waals surface area contributed by atoms with Gasteiger partial charge in [-0.15, -0.1) is 0 Å². The molecule has 0 unspecified atom stereocenters. The second-order valence-corrected chi connectivity index (χ2v) is 5.46. The number of rotatable bonds is 5. The minimum absolute atomic E-state index is 0.372. The average Bonchev–Trinajstić information content (AvgIpc) is 2.46. The van der Waals surface area contributed by atoms with E-state index in [2.05, 4.69) is 17.4 Å². The maximum atomic E-state index is 6.01. The Labute approximate surface area is 113 Å². The SMILES string of the molecule is CCC1(COc2ccccc2O[Si])CCCCC1. The van der Waals surface area contributed by atoms with Gasteiger partial charge < -0.3 is 9.16 Å². The fourth-order valence-electron chi connectivity index (χ4n) is 2.79. The van der Waals surface area contributed by atoms with E-state index < -0.39 is 0 Å². The first-order valence-electron chi connectivity index (χ1n) is 6.85. The highest BCUT2D eigenvalue weighted by Gasteiger charge is 2.31. The largest absolute Gasteiger partial charge is 0.538 e. The van der Waals surface area contributed by atoms with Gasteiger partial charge in [-0.2, -0.15) is 0 Å². The van der Waals surface area contributed by atoms with Crippen LogP contribution in [0, 0.1) is 5.41 Å². The number of ether oxygens (including phenoxy) is 1. The van der Waals surface area contributed by atoms with Gasteiger partial charge in [-0.1, -0.05) is 38.3 Å². The van der Waals surface area contributed by atoms with E-state index in [0.29, 0.717) is 5.41 Å². The molecule has 97 valence electrons. The maximum Gasteiger partial charge on any atom is 0.341 e. The zero-order chi connectivity index (χ0) is 12.8. The lowest BCUT2D eigenvalue weighted by Crippen LogP contribution is -2.30. The van der Waals surface area contributed by atoms with Gasteiger partial charge in [0.15, 0.2) is 5.75 Å². The van der Waals surface area contributed by atoms with Crippen molar-refractivity contribution in [1.82, 2.24) is 0 Å². The molecule has 0 amide bonds. The van der Waals surface area contributed by atoms with Crippen LogP contribution in [0.5, 0.6) is 11.5 Å². The van der Waals surface area contributed by atoms with Crippen LogP contribution in [0.25, 0.3) is 0 Å². The van der Waals surface area contributed by atoms with Gasteiger partial charge in [0.2, 0.25) is 0 Å². The highest BCUT2D eigenvalue weighted by molar-refractivity contribution is 6.00. The molecule has 2 nitrogen and oxygen atoms in total. The van der Waals surface area contributed by atoms with Gasteiger partial charge in [-0.3, -0.25) is 0 Å². The van der Waals surface area contributed by atoms with Crippen molar-refractivity contribution in [1.29, 1.82) is 0 Å². The molecule has 0 spiro atoms. The summed E-state index contributed by atoms with van der Waals surface area (Å²) in [5.74, 6) is 1.57. The van der Waals surface area contributed by atoms with Crippen LogP contribution in [0.3, 0.4) is 0 Å². The first-order chi connectivity index (χ1) is 8.79. The van der Waals surface area contributed by atoms with E-state index in [-0.39, 0.29) is 0 Å². The molecule has 0 bridgehead atoms. The van der Waals surface area contributed by atoms with Crippen LogP contribution in [-0.2, 0) is 0 Å². The molecule has 1 fully saturated rings. The highest BCUT2D eigenvalue weighted by Crippen LogP contribution is 2.40. The molecule has 3 radical (unpaired) electrons. The summed E-state index contributed by atoms with van der Waals surface area (Å²) in [5.41, 5.74) is 0.372. The van der Waals surface area contributed by atoms with Crippen molar-refractivity contribution in [2.45, 2.75) is 45.4 Å². The first-order valence-corrected chi connectivity index (χ1v) is 7.26. The third-order valence-electron chi connectivity index (χ3n) is 4.16. The van der Waals surface area contributed by atoms with E-state index in [1.807, 2.05) is 24.3 Å². The minimum Gasteiger partial charge on any atom is -0.538 e. The van der Waals surface area contributed by atoms with E-state index in [0.717, 1.165) is 18.1 Å². The molecular formula is C15H21O2Si. The standard InChI is InChI=1S/C15H21O2Si/c1-2-15(10-6-3-7-11-15)12-16-13-8-4-5-9-14(13)17-18/h4-5,8-9H,2-3,6-7,10-12H2,1H3. The molecule has 0 atom stereocenters. The topological polar surface area (TPSA) is 18.5 Å². The zero-order valence-electron chi connectivity index (χ0n) is 11.1. The zero-order valence-corrected chi connectivity index (χ0v) is 12.1. The van der Waals surface area contributed by atoms with Gasteiger partial charge in [-0.05, 0) is 31.4 Å². The summed E-state index contributed by atoms with van der Waals surface area (Å²) in [6.07, 6.45) is 7.84. The fourth-order valence-corrected chi connectivity index (χ4v) is 2.95. The van der Waals surface area contributed by atoms with Crippen molar-refractivity contribution >= 4 is 10.5 Å². The van der Waals surface area contributed by atoms with Crippen molar-refractivity contribution in [2.24, 2.45) is 5.41 Å². The predicted molar refractivity (Wildman–Crippen MR) is 74.1 cm³/mol. The van der Waals surface area contributed by atoms with Crippen molar-refractivity contribution in [3.8, 4) is 11.5 Å². The lowest BCUT2D eigenvalue weighted by Gasteiger charge is -2.36. The second kappa shape index (κ2) is 6.28. The van der Waals surface area contributed by atoms with Crippen LogP contribution < -0.4 is 9.16 Å². The molecule has 0 aliphatic heterocycles. The van der Waals surface area contributed by atoms with E-state index in [9.17, 15) is 0 Å². The van der Waals surface area contributed by atoms with Gasteiger partial charge >= 0.3 is 10.5 Å². The van der Waals surface area contributed by atoms with E-state index in [1.165, 1.54) is 38.5 Å². The summed E-state index contributed by atoms with van der Waals surface area (Å²) in [7, 11) is 3.07. The molecule has 1 aromatic rings. The third-order valence-corrected chi connectivity index (χ3v) is 4.38. The molecule has 0 N–H and O–H groups in total. The second-order valence-electron chi connectivity index (χ2n) is 5.25. The van der Waals surface area contributed by atoms with Crippen molar-refractivity contribution in [2.75, 3.05) is 6.61 Å². The van der Waals surface area contributed by atoms with Crippen molar-refractivity contribution in [3.63, 3.8) is 0 Å². The fraction of sp³-hybridized carbons (Fsp3) is 0.600. The molecule has 1 saturated carbocycles. The molecular weight excluding hydrogens is 240 g/mol. The number of hydrogen-bond donors (Lipinski definition) is 0. The Morgan fingerprint density at radius 2 is 1.78 bits per heavy atom. The summed E-state index contributed by atoms with van der Waals surface area (Å²) in [5, 5.41) is 0. The lowest BCUT2D eigenvalue weighted by molar-refractivity contribution is 0.0915. The Kier molecular flexibility index (Phi) is 4.70. The van der Waals surface area contributed by atoms with Gasteiger partial charge in [0, 0.05) is 5.41 Å². The monoisotopic (exact) mass is 261 g/mol. The molecule has 18 heavy (non-hydrogen) atoms. The molecule has 1 aliphatic rings. The Hall–Kier alpha value is -0.963. The summed E-state index contributed by atoms with van der Waals surface area (Å²) in [4.78, 5) is 0. The van der Waals surface area contributed by atoms with E-state index >= 15 is 0 Å². The number of para-hydroxylation sites is 2. The van der Waals surface area contributed by atoms with Crippen LogP contribution in [0.1, 0.15) is 45.4 Å². The van der Waals surface area contributed by atoms with Gasteiger partial charge in [0.1, 0.15) is 5.75 Å². The van der Waals surface area contributed by atoms with E-state index in [4.69, 9.17) is 9.16 Å². The normalized spacial score (nSPS) is 18.3. The Morgan fingerprint density at radius 1 is 1.11 bits per heavy atom. The number of benzene rings is 1. The highest BCUT2D eigenvalue weighted by atomic mass is 28.2. The third kappa shape index (κ3) is 3.08. The maximum absolute atomic E-state index is 6.01. The van der Waals surface area contributed by atoms with E-state index in [1.54, 1.807) is 0 Å². The van der Waals surface area contributed by atoms with Crippen LogP contribution in [0.2, 0.25) is 0 Å². The molecule has 0 heterocycles. The Balaban J connectivity index is 2.01. The molecule has 1 aliphatic carbocycles. The number of hydrogen-bond acceptors (Lipinski definition) is 2. The van der Waals surface area contributed by atoms with Crippen molar-refractivity contribution < 1.29 is 9.16 Å². The van der Waals surface area contributed by atoms with Crippen molar-refractivity contribution in [3.05, 3.63) is 24.3 Å². The van der Waals surface area contributed by atoms with Gasteiger partial charge in [0.25, 0.3) is 0 Å². The van der Waals surface area contributed by atoms with Crippen LogP contribution >= 0.6 is 0 Å². The predicted octanol–water partition coefficient (Wildman–Crippen LogP) is 3.89. The van der Waals surface area contributed by atoms with Crippen LogP contribution in [0.15, 0.2) is 24.3 Å². The lowest BCUT2D eigenvalue weighted by atomic mass is 9.73. The Bertz CT molecular complexity index is 373. The first kappa shape index (κ1) is 13.5. The molecule has 0 aromatic heterocycles. The molecule has 1 aromatic carbocycles.